The number of pyridine rings is 1. The van der Waals surface area contributed by atoms with E-state index in [0.29, 0.717) is 18.4 Å². The summed E-state index contributed by atoms with van der Waals surface area (Å²) in [5.74, 6) is 0.977. The highest BCUT2D eigenvalue weighted by molar-refractivity contribution is 5.71. The Bertz CT molecular complexity index is 446. The molecule has 2 heterocycles. The monoisotopic (exact) mass is 245 g/mol. The van der Waals surface area contributed by atoms with Gasteiger partial charge in [-0.2, -0.15) is 0 Å². The number of aromatic nitrogens is 1. The van der Waals surface area contributed by atoms with Crippen molar-refractivity contribution < 1.29 is 4.74 Å². The smallest absolute Gasteiger partial charge is 0.0724 e. The van der Waals surface area contributed by atoms with E-state index in [1.807, 2.05) is 6.20 Å². The summed E-state index contributed by atoms with van der Waals surface area (Å²) >= 11 is 0. The van der Waals surface area contributed by atoms with Gasteiger partial charge in [-0.15, -0.1) is 0 Å². The summed E-state index contributed by atoms with van der Waals surface area (Å²) in [4.78, 5) is 4.60. The van der Waals surface area contributed by atoms with E-state index in [4.69, 9.17) is 4.74 Å². The van der Waals surface area contributed by atoms with Crippen LogP contribution in [0.4, 0.5) is 0 Å². The van der Waals surface area contributed by atoms with Gasteiger partial charge in [0.25, 0.3) is 0 Å². The third-order valence-electron chi connectivity index (χ3n) is 3.41. The fourth-order valence-electron chi connectivity index (χ4n) is 2.52. The van der Waals surface area contributed by atoms with Crippen LogP contribution < -0.4 is 0 Å². The minimum absolute atomic E-state index is 0.446. The van der Waals surface area contributed by atoms with Crippen molar-refractivity contribution in [3.8, 4) is 0 Å². The van der Waals surface area contributed by atoms with Crippen molar-refractivity contribution in [2.45, 2.75) is 46.6 Å². The summed E-state index contributed by atoms with van der Waals surface area (Å²) in [7, 11) is 0. The Morgan fingerprint density at radius 3 is 2.61 bits per heavy atom. The second kappa shape index (κ2) is 5.66. The van der Waals surface area contributed by atoms with Gasteiger partial charge in [-0.1, -0.05) is 33.8 Å². The molecule has 0 saturated heterocycles. The zero-order chi connectivity index (χ0) is 13.1. The standard InChI is InChI=1S/C16H23NO/c1-11(2)14-6-5-9-18-10-13-7-8-17-16(12(3)4)15(13)14/h6-8,11-12H,5,9-10H2,1-4H3/b14-6-. The summed E-state index contributed by atoms with van der Waals surface area (Å²) in [5, 5.41) is 0. The maximum Gasteiger partial charge on any atom is 0.0724 e. The third-order valence-corrected chi connectivity index (χ3v) is 3.41. The van der Waals surface area contributed by atoms with Gasteiger partial charge in [0.2, 0.25) is 0 Å². The van der Waals surface area contributed by atoms with E-state index in [2.05, 4.69) is 44.8 Å². The Balaban J connectivity index is 2.60. The first-order valence-electron chi connectivity index (χ1n) is 6.87. The zero-order valence-corrected chi connectivity index (χ0v) is 11.9. The van der Waals surface area contributed by atoms with Crippen LogP contribution in [0.5, 0.6) is 0 Å². The second-order valence-electron chi connectivity index (χ2n) is 5.54. The Morgan fingerprint density at radius 2 is 1.94 bits per heavy atom. The van der Waals surface area contributed by atoms with Gasteiger partial charge in [-0.3, -0.25) is 4.98 Å². The molecule has 0 amide bonds. The van der Waals surface area contributed by atoms with Gasteiger partial charge >= 0.3 is 0 Å². The van der Waals surface area contributed by atoms with Crippen LogP contribution in [0.1, 0.15) is 56.9 Å². The van der Waals surface area contributed by atoms with Crippen molar-refractivity contribution in [2.24, 2.45) is 5.92 Å². The van der Waals surface area contributed by atoms with Crippen LogP contribution in [0.2, 0.25) is 0 Å². The summed E-state index contributed by atoms with van der Waals surface area (Å²) in [6.07, 6.45) is 5.24. The number of nitrogens with zero attached hydrogens (tertiary/aromatic N) is 1. The van der Waals surface area contributed by atoms with Gasteiger partial charge in [0.15, 0.2) is 0 Å². The normalized spacial score (nSPS) is 19.1. The fourth-order valence-corrected chi connectivity index (χ4v) is 2.52. The topological polar surface area (TPSA) is 22.1 Å². The van der Waals surface area contributed by atoms with Crippen molar-refractivity contribution in [3.63, 3.8) is 0 Å². The maximum absolute atomic E-state index is 5.69. The number of hydrogen-bond acceptors (Lipinski definition) is 2. The van der Waals surface area contributed by atoms with E-state index >= 15 is 0 Å². The molecule has 0 bridgehead atoms. The predicted octanol–water partition coefficient (Wildman–Crippen LogP) is 4.16. The molecule has 0 radical (unpaired) electrons. The molecule has 0 aromatic carbocycles. The number of fused-ring (bicyclic) bond motifs is 1. The van der Waals surface area contributed by atoms with Crippen molar-refractivity contribution in [2.75, 3.05) is 6.61 Å². The largest absolute Gasteiger partial charge is 0.376 e. The van der Waals surface area contributed by atoms with Gasteiger partial charge in [0.1, 0.15) is 0 Å². The van der Waals surface area contributed by atoms with Gasteiger partial charge in [0, 0.05) is 11.8 Å². The van der Waals surface area contributed by atoms with Gasteiger partial charge < -0.3 is 4.74 Å². The Hall–Kier alpha value is -1.15. The van der Waals surface area contributed by atoms with Crippen LogP contribution in [-0.4, -0.2) is 11.6 Å². The van der Waals surface area contributed by atoms with E-state index in [1.54, 1.807) is 0 Å². The van der Waals surface area contributed by atoms with Crippen molar-refractivity contribution in [3.05, 3.63) is 35.2 Å². The van der Waals surface area contributed by atoms with Crippen LogP contribution in [0.25, 0.3) is 5.57 Å². The van der Waals surface area contributed by atoms with Crippen LogP contribution in [-0.2, 0) is 11.3 Å². The van der Waals surface area contributed by atoms with Crippen molar-refractivity contribution >= 4 is 5.57 Å². The third kappa shape index (κ3) is 2.64. The molecule has 2 nitrogen and oxygen atoms in total. The Kier molecular flexibility index (Phi) is 4.18. The quantitative estimate of drug-likeness (QED) is 0.780. The zero-order valence-electron chi connectivity index (χ0n) is 11.9. The first-order valence-corrected chi connectivity index (χ1v) is 6.87. The second-order valence-corrected chi connectivity index (χ2v) is 5.54. The predicted molar refractivity (Wildman–Crippen MR) is 75.4 cm³/mol. The summed E-state index contributed by atoms with van der Waals surface area (Å²) < 4.78 is 5.69. The molecule has 0 aliphatic carbocycles. The molecule has 18 heavy (non-hydrogen) atoms. The lowest BCUT2D eigenvalue weighted by Crippen LogP contribution is -2.11. The highest BCUT2D eigenvalue weighted by Gasteiger charge is 2.19. The molecule has 1 aromatic heterocycles. The van der Waals surface area contributed by atoms with E-state index in [1.165, 1.54) is 22.4 Å². The van der Waals surface area contributed by atoms with E-state index < -0.39 is 0 Å². The molecule has 1 aliphatic rings. The van der Waals surface area contributed by atoms with E-state index in [0.717, 1.165) is 13.0 Å². The molecular formula is C16H23NO. The molecule has 0 spiro atoms. The average molecular weight is 245 g/mol. The SMILES string of the molecule is CC(C)/C1=C/CCOCc2ccnc(C(C)C)c21. The summed E-state index contributed by atoms with van der Waals surface area (Å²) in [6, 6.07) is 2.10. The molecule has 0 N–H and O–H groups in total. The highest BCUT2D eigenvalue weighted by Crippen LogP contribution is 2.33. The molecule has 1 aliphatic heterocycles. The van der Waals surface area contributed by atoms with Crippen molar-refractivity contribution in [1.29, 1.82) is 0 Å². The summed E-state index contributed by atoms with van der Waals surface area (Å²) in [5.41, 5.74) is 5.26. The lowest BCUT2D eigenvalue weighted by molar-refractivity contribution is 0.124. The lowest BCUT2D eigenvalue weighted by Gasteiger charge is -2.23. The molecule has 0 fully saturated rings. The van der Waals surface area contributed by atoms with E-state index in [-0.39, 0.29) is 0 Å². The molecule has 2 heteroatoms. The molecule has 1 aromatic rings. The molecule has 0 saturated carbocycles. The Morgan fingerprint density at radius 1 is 1.17 bits per heavy atom. The first kappa shape index (κ1) is 13.3. The molecule has 98 valence electrons. The van der Waals surface area contributed by atoms with Gasteiger partial charge in [0.05, 0.1) is 18.9 Å². The van der Waals surface area contributed by atoms with Crippen molar-refractivity contribution in [1.82, 2.24) is 4.98 Å². The van der Waals surface area contributed by atoms with Crippen LogP contribution in [0.15, 0.2) is 18.3 Å². The first-order chi connectivity index (χ1) is 8.61. The lowest BCUT2D eigenvalue weighted by atomic mass is 9.86. The van der Waals surface area contributed by atoms with Crippen LogP contribution >= 0.6 is 0 Å². The Labute approximate surface area is 110 Å². The summed E-state index contributed by atoms with van der Waals surface area (Å²) in [6.45, 7) is 10.5. The molecule has 0 unspecified atom stereocenters. The van der Waals surface area contributed by atoms with Gasteiger partial charge in [-0.25, -0.2) is 0 Å². The molecule has 0 atom stereocenters. The minimum Gasteiger partial charge on any atom is -0.376 e. The number of allylic oxidation sites excluding steroid dienone is 1. The van der Waals surface area contributed by atoms with Crippen LogP contribution in [0, 0.1) is 5.92 Å². The average Bonchev–Trinajstić information content (AvgIpc) is 2.28. The van der Waals surface area contributed by atoms with Crippen LogP contribution in [0.3, 0.4) is 0 Å². The number of hydrogen-bond donors (Lipinski definition) is 0. The fraction of sp³-hybridized carbons (Fsp3) is 0.562. The maximum atomic E-state index is 5.69. The van der Waals surface area contributed by atoms with Gasteiger partial charge in [-0.05, 0) is 35.5 Å². The highest BCUT2D eigenvalue weighted by atomic mass is 16.5. The van der Waals surface area contributed by atoms with E-state index in [9.17, 15) is 0 Å². The minimum atomic E-state index is 0.446. The molecular weight excluding hydrogens is 222 g/mol. The number of ether oxygens (including phenoxy) is 1. The number of rotatable bonds is 2. The molecule has 2 rings (SSSR count).